The monoisotopic (exact) mass is 365 g/mol. The Bertz CT molecular complexity index is 503. The zero-order valence-electron chi connectivity index (χ0n) is 16.3. The highest BCUT2D eigenvalue weighted by Gasteiger charge is 2.47. The van der Waals surface area contributed by atoms with Gasteiger partial charge in [0.05, 0.1) is 6.54 Å². The van der Waals surface area contributed by atoms with Crippen LogP contribution in [0.1, 0.15) is 71.1 Å². The Kier molecular flexibility index (Phi) is 6.43. The Labute approximate surface area is 157 Å². The minimum Gasteiger partial charge on any atom is -0.441 e. The smallest absolute Gasteiger partial charge is 0.410 e. The summed E-state index contributed by atoms with van der Waals surface area (Å²) in [7, 11) is 0. The highest BCUT2D eigenvalue weighted by Crippen LogP contribution is 2.35. The third-order valence-corrected chi connectivity index (χ3v) is 6.37. The fraction of sp³-hybridized carbons (Fsp3) is 0.900. The third-order valence-electron chi connectivity index (χ3n) is 6.37. The largest absolute Gasteiger partial charge is 0.441 e. The molecule has 2 atom stereocenters. The average molecular weight is 366 g/mol. The predicted molar refractivity (Wildman–Crippen MR) is 101 cm³/mol. The molecule has 1 saturated carbocycles. The molecule has 2 amide bonds. The van der Waals surface area contributed by atoms with Crippen molar-refractivity contribution in [2.45, 2.75) is 82.8 Å². The van der Waals surface area contributed by atoms with Crippen LogP contribution in [-0.2, 0) is 9.53 Å². The summed E-state index contributed by atoms with van der Waals surface area (Å²) in [5, 5.41) is 0. The van der Waals surface area contributed by atoms with Gasteiger partial charge in [0.2, 0.25) is 5.91 Å². The second-order valence-electron chi connectivity index (χ2n) is 8.48. The van der Waals surface area contributed by atoms with Gasteiger partial charge in [-0.2, -0.15) is 0 Å². The molecule has 0 aromatic rings. The van der Waals surface area contributed by atoms with Gasteiger partial charge in [0, 0.05) is 44.4 Å². The molecule has 0 radical (unpaired) electrons. The van der Waals surface area contributed by atoms with Gasteiger partial charge in [0.1, 0.15) is 5.60 Å². The fourth-order valence-electron chi connectivity index (χ4n) is 4.70. The number of unbranched alkanes of at least 4 members (excludes halogenated alkanes) is 3. The Balaban J connectivity index is 1.47. The number of likely N-dealkylation sites (tertiary alicyclic amines) is 1. The molecular formula is C20H35N3O3. The lowest BCUT2D eigenvalue weighted by atomic mass is 9.84. The number of hydrogen-bond donors (Lipinski definition) is 1. The van der Waals surface area contributed by atoms with Crippen LogP contribution >= 0.6 is 0 Å². The van der Waals surface area contributed by atoms with Gasteiger partial charge in [-0.25, -0.2) is 4.79 Å². The third kappa shape index (κ3) is 4.51. The molecule has 2 N–H and O–H groups in total. The van der Waals surface area contributed by atoms with Gasteiger partial charge in [-0.3, -0.25) is 4.79 Å². The summed E-state index contributed by atoms with van der Waals surface area (Å²) in [6.45, 7) is 5.07. The van der Waals surface area contributed by atoms with Crippen LogP contribution in [-0.4, -0.2) is 59.6 Å². The number of carbonyl (C=O) groups excluding carboxylic acids is 2. The zero-order valence-corrected chi connectivity index (χ0v) is 16.3. The van der Waals surface area contributed by atoms with E-state index in [0.717, 1.165) is 51.5 Å². The van der Waals surface area contributed by atoms with Crippen LogP contribution < -0.4 is 5.73 Å². The number of amides is 2. The Morgan fingerprint density at radius 2 is 2.00 bits per heavy atom. The average Bonchev–Trinajstić information content (AvgIpc) is 2.94. The van der Waals surface area contributed by atoms with Crippen LogP contribution in [0.25, 0.3) is 0 Å². The molecule has 1 spiro atoms. The van der Waals surface area contributed by atoms with Gasteiger partial charge in [0.25, 0.3) is 0 Å². The van der Waals surface area contributed by atoms with Crippen LogP contribution in [0.15, 0.2) is 0 Å². The van der Waals surface area contributed by atoms with Crippen molar-refractivity contribution in [3.63, 3.8) is 0 Å². The van der Waals surface area contributed by atoms with Crippen molar-refractivity contribution in [3.05, 3.63) is 0 Å². The van der Waals surface area contributed by atoms with E-state index in [1.165, 1.54) is 19.3 Å². The number of hydrogen-bond acceptors (Lipinski definition) is 4. The SMILES string of the molecule is CCCCCCN1CC2(CCN(C(=O)[C@@H]3CCC[C@H](N)C3)CC2)OC1=O. The van der Waals surface area contributed by atoms with Gasteiger partial charge < -0.3 is 20.3 Å². The van der Waals surface area contributed by atoms with Gasteiger partial charge >= 0.3 is 6.09 Å². The van der Waals surface area contributed by atoms with Crippen molar-refractivity contribution < 1.29 is 14.3 Å². The van der Waals surface area contributed by atoms with E-state index in [1.54, 1.807) is 0 Å². The lowest BCUT2D eigenvalue weighted by molar-refractivity contribution is -0.140. The molecule has 3 aliphatic rings. The lowest BCUT2D eigenvalue weighted by Crippen LogP contribution is -2.51. The molecule has 148 valence electrons. The number of piperidine rings is 1. The van der Waals surface area contributed by atoms with E-state index in [-0.39, 0.29) is 29.6 Å². The van der Waals surface area contributed by atoms with E-state index in [9.17, 15) is 9.59 Å². The molecule has 3 fully saturated rings. The first-order chi connectivity index (χ1) is 12.5. The summed E-state index contributed by atoms with van der Waals surface area (Å²) in [5.74, 6) is 0.352. The summed E-state index contributed by atoms with van der Waals surface area (Å²) >= 11 is 0. The first-order valence-electron chi connectivity index (χ1n) is 10.6. The summed E-state index contributed by atoms with van der Waals surface area (Å²) in [5.41, 5.74) is 5.67. The standard InChI is InChI=1S/C20H35N3O3/c1-2-3-4-5-11-23-15-20(26-19(23)25)9-12-22(13-10-20)18(24)16-7-6-8-17(21)14-16/h16-17H,2-15,21H2,1H3/t16-,17+/m1/s1. The van der Waals surface area contributed by atoms with Crippen molar-refractivity contribution >= 4 is 12.0 Å². The predicted octanol–water partition coefficient (Wildman–Crippen LogP) is 2.90. The van der Waals surface area contributed by atoms with Gasteiger partial charge in [-0.1, -0.05) is 32.6 Å². The lowest BCUT2D eigenvalue weighted by Gasteiger charge is -2.39. The van der Waals surface area contributed by atoms with Crippen LogP contribution in [0.5, 0.6) is 0 Å². The van der Waals surface area contributed by atoms with E-state index in [4.69, 9.17) is 10.5 Å². The second-order valence-corrected chi connectivity index (χ2v) is 8.48. The quantitative estimate of drug-likeness (QED) is 0.734. The molecule has 2 saturated heterocycles. The van der Waals surface area contributed by atoms with Gasteiger partial charge in [-0.15, -0.1) is 0 Å². The van der Waals surface area contributed by atoms with Crippen molar-refractivity contribution in [2.75, 3.05) is 26.2 Å². The number of nitrogens with zero attached hydrogens (tertiary/aromatic N) is 2. The van der Waals surface area contributed by atoms with Crippen molar-refractivity contribution in [1.29, 1.82) is 0 Å². The number of ether oxygens (including phenoxy) is 1. The summed E-state index contributed by atoms with van der Waals surface area (Å²) in [4.78, 5) is 28.9. The van der Waals surface area contributed by atoms with Crippen molar-refractivity contribution in [2.24, 2.45) is 11.7 Å². The Morgan fingerprint density at radius 3 is 2.69 bits per heavy atom. The topological polar surface area (TPSA) is 75.9 Å². The maximum atomic E-state index is 12.8. The fourth-order valence-corrected chi connectivity index (χ4v) is 4.70. The van der Waals surface area contributed by atoms with Crippen molar-refractivity contribution in [1.82, 2.24) is 9.80 Å². The van der Waals surface area contributed by atoms with Crippen LogP contribution in [0.3, 0.4) is 0 Å². The molecule has 2 aliphatic heterocycles. The molecule has 1 aliphatic carbocycles. The summed E-state index contributed by atoms with van der Waals surface area (Å²) in [6.07, 6.45) is 9.86. The first-order valence-corrected chi connectivity index (χ1v) is 10.6. The number of carbonyl (C=O) groups is 2. The normalized spacial score (nSPS) is 28.5. The van der Waals surface area contributed by atoms with E-state index in [0.29, 0.717) is 19.6 Å². The maximum absolute atomic E-state index is 12.8. The molecule has 6 heteroatoms. The molecule has 0 bridgehead atoms. The molecule has 3 rings (SSSR count). The summed E-state index contributed by atoms with van der Waals surface area (Å²) in [6, 6.07) is 0.172. The van der Waals surface area contributed by atoms with E-state index in [2.05, 4.69) is 6.92 Å². The zero-order chi connectivity index (χ0) is 18.6. The number of nitrogens with two attached hydrogens (primary N) is 1. The first kappa shape index (κ1) is 19.5. The van der Waals surface area contributed by atoms with Crippen molar-refractivity contribution in [3.8, 4) is 0 Å². The molecule has 0 aromatic carbocycles. The summed E-state index contributed by atoms with van der Waals surface area (Å²) < 4.78 is 5.78. The van der Waals surface area contributed by atoms with E-state index < -0.39 is 0 Å². The Hall–Kier alpha value is -1.30. The minimum atomic E-state index is -0.373. The van der Waals surface area contributed by atoms with E-state index in [1.807, 2.05) is 9.80 Å². The van der Waals surface area contributed by atoms with Gasteiger partial charge in [-0.05, 0) is 25.7 Å². The molecule has 0 unspecified atom stereocenters. The molecule has 0 aromatic heterocycles. The second kappa shape index (κ2) is 8.59. The molecule has 26 heavy (non-hydrogen) atoms. The van der Waals surface area contributed by atoms with Gasteiger partial charge in [0.15, 0.2) is 0 Å². The minimum absolute atomic E-state index is 0.0917. The molecule has 6 nitrogen and oxygen atoms in total. The van der Waals surface area contributed by atoms with Crippen LogP contribution in [0, 0.1) is 5.92 Å². The highest BCUT2D eigenvalue weighted by atomic mass is 16.6. The highest BCUT2D eigenvalue weighted by molar-refractivity contribution is 5.79. The maximum Gasteiger partial charge on any atom is 0.410 e. The Morgan fingerprint density at radius 1 is 1.23 bits per heavy atom. The molecule has 2 heterocycles. The van der Waals surface area contributed by atoms with Crippen LogP contribution in [0.2, 0.25) is 0 Å². The number of rotatable bonds is 6. The van der Waals surface area contributed by atoms with Crippen LogP contribution in [0.4, 0.5) is 4.79 Å². The van der Waals surface area contributed by atoms with E-state index >= 15 is 0 Å². The molecular weight excluding hydrogens is 330 g/mol.